The van der Waals surface area contributed by atoms with Crippen LogP contribution in [0.3, 0.4) is 0 Å². The lowest BCUT2D eigenvalue weighted by Gasteiger charge is -2.19. The number of ether oxygens (including phenoxy) is 1. The molecular formula is C22H25N3O5S. The summed E-state index contributed by atoms with van der Waals surface area (Å²) in [6.07, 6.45) is 1.89. The van der Waals surface area contributed by atoms with Crippen LogP contribution in [-0.4, -0.2) is 39.9 Å². The number of rotatable bonds is 8. The van der Waals surface area contributed by atoms with Crippen molar-refractivity contribution >= 4 is 27.5 Å². The smallest absolute Gasteiger partial charge is 0.240 e. The molecule has 1 saturated carbocycles. The van der Waals surface area contributed by atoms with Crippen LogP contribution < -0.4 is 19.7 Å². The number of anilines is 1. The highest BCUT2D eigenvalue weighted by atomic mass is 32.2. The molecule has 1 atom stereocenters. The van der Waals surface area contributed by atoms with E-state index in [0.717, 1.165) is 18.4 Å². The predicted octanol–water partition coefficient (Wildman–Crippen LogP) is 1.81. The maximum atomic E-state index is 12.6. The van der Waals surface area contributed by atoms with Crippen molar-refractivity contribution in [2.24, 2.45) is 5.92 Å². The van der Waals surface area contributed by atoms with Crippen molar-refractivity contribution in [1.82, 2.24) is 10.0 Å². The third-order valence-corrected chi connectivity index (χ3v) is 7.01. The van der Waals surface area contributed by atoms with E-state index in [1.165, 1.54) is 12.1 Å². The summed E-state index contributed by atoms with van der Waals surface area (Å²) in [6.45, 7) is 0.545. The molecule has 1 unspecified atom stereocenters. The second-order valence-corrected chi connectivity index (χ2v) is 9.55. The molecule has 1 heterocycles. The minimum atomic E-state index is -3.49. The monoisotopic (exact) mass is 443 g/mol. The first-order chi connectivity index (χ1) is 14.9. The number of methoxy groups -OCH3 is 1. The first-order valence-corrected chi connectivity index (χ1v) is 11.7. The Bertz CT molecular complexity index is 1080. The quantitative estimate of drug-likeness (QED) is 0.647. The van der Waals surface area contributed by atoms with Crippen LogP contribution in [0.25, 0.3) is 0 Å². The summed E-state index contributed by atoms with van der Waals surface area (Å²) >= 11 is 0. The molecule has 1 aliphatic heterocycles. The highest BCUT2D eigenvalue weighted by Crippen LogP contribution is 2.32. The molecule has 2 N–H and O–H groups in total. The lowest BCUT2D eigenvalue weighted by Crippen LogP contribution is -2.32. The fraction of sp³-hybridized carbons (Fsp3) is 0.364. The molecule has 0 aromatic heterocycles. The van der Waals surface area contributed by atoms with Crippen LogP contribution in [-0.2, 0) is 26.2 Å². The van der Waals surface area contributed by atoms with Crippen LogP contribution in [0.15, 0.2) is 53.4 Å². The summed E-state index contributed by atoms with van der Waals surface area (Å²) in [5.41, 5.74) is 1.44. The van der Waals surface area contributed by atoms with Gasteiger partial charge in [-0.3, -0.25) is 9.59 Å². The van der Waals surface area contributed by atoms with Crippen molar-refractivity contribution < 1.29 is 22.7 Å². The summed E-state index contributed by atoms with van der Waals surface area (Å²) < 4.78 is 32.4. The summed E-state index contributed by atoms with van der Waals surface area (Å²) in [5, 5.41) is 2.85. The van der Waals surface area contributed by atoms with E-state index >= 15 is 0 Å². The normalized spacial score (nSPS) is 18.8. The first kappa shape index (κ1) is 21.3. The van der Waals surface area contributed by atoms with Gasteiger partial charge in [-0.15, -0.1) is 0 Å². The zero-order chi connectivity index (χ0) is 22.0. The number of hydrogen-bond donors (Lipinski definition) is 2. The van der Waals surface area contributed by atoms with E-state index in [2.05, 4.69) is 10.0 Å². The molecule has 31 heavy (non-hydrogen) atoms. The third kappa shape index (κ3) is 4.88. The van der Waals surface area contributed by atoms with Gasteiger partial charge in [0.2, 0.25) is 21.8 Å². The Kier molecular flexibility index (Phi) is 5.97. The largest absolute Gasteiger partial charge is 0.495 e. The highest BCUT2D eigenvalue weighted by Gasteiger charge is 2.36. The standard InChI is InChI=1S/C22H25N3O5S/c1-30-20-5-3-2-4-19(20)25-14-16(12-21(25)26)22(27)23-13-15-6-10-18(11-7-15)31(28,29)24-17-8-9-17/h2-7,10-11,16-17,24H,8-9,12-14H2,1H3,(H,23,27). The Labute approximate surface area is 181 Å². The molecule has 1 saturated heterocycles. The van der Waals surface area contributed by atoms with E-state index in [0.29, 0.717) is 11.4 Å². The van der Waals surface area contributed by atoms with Crippen molar-refractivity contribution in [2.75, 3.05) is 18.6 Å². The molecule has 1 aliphatic carbocycles. The molecule has 2 aliphatic rings. The molecule has 0 bridgehead atoms. The molecule has 0 radical (unpaired) electrons. The molecule has 164 valence electrons. The van der Waals surface area contributed by atoms with Crippen LogP contribution in [0.1, 0.15) is 24.8 Å². The van der Waals surface area contributed by atoms with E-state index < -0.39 is 15.9 Å². The van der Waals surface area contributed by atoms with Crippen LogP contribution in [0.2, 0.25) is 0 Å². The van der Waals surface area contributed by atoms with E-state index in [1.54, 1.807) is 36.3 Å². The van der Waals surface area contributed by atoms with Gasteiger partial charge in [0, 0.05) is 25.6 Å². The number of nitrogens with zero attached hydrogens (tertiary/aromatic N) is 1. The molecule has 9 heteroatoms. The van der Waals surface area contributed by atoms with E-state index in [-0.39, 0.29) is 42.3 Å². The number of carbonyl (C=O) groups excluding carboxylic acids is 2. The van der Waals surface area contributed by atoms with Crippen molar-refractivity contribution in [3.63, 3.8) is 0 Å². The van der Waals surface area contributed by atoms with Gasteiger partial charge in [-0.1, -0.05) is 24.3 Å². The van der Waals surface area contributed by atoms with Gasteiger partial charge in [-0.25, -0.2) is 13.1 Å². The van der Waals surface area contributed by atoms with Crippen LogP contribution in [0.5, 0.6) is 5.75 Å². The maximum Gasteiger partial charge on any atom is 0.240 e. The third-order valence-electron chi connectivity index (χ3n) is 5.47. The Balaban J connectivity index is 1.34. The SMILES string of the molecule is COc1ccccc1N1CC(C(=O)NCc2ccc(S(=O)(=O)NC3CC3)cc2)CC1=O. The highest BCUT2D eigenvalue weighted by molar-refractivity contribution is 7.89. The Morgan fingerprint density at radius 1 is 1.13 bits per heavy atom. The number of amides is 2. The number of carbonyl (C=O) groups is 2. The fourth-order valence-electron chi connectivity index (χ4n) is 3.58. The molecular weight excluding hydrogens is 418 g/mol. The first-order valence-electron chi connectivity index (χ1n) is 10.2. The van der Waals surface area contributed by atoms with Crippen LogP contribution in [0.4, 0.5) is 5.69 Å². The zero-order valence-corrected chi connectivity index (χ0v) is 18.0. The van der Waals surface area contributed by atoms with Gasteiger partial charge in [-0.2, -0.15) is 0 Å². The number of para-hydroxylation sites is 2. The van der Waals surface area contributed by atoms with Gasteiger partial charge < -0.3 is 15.0 Å². The Hall–Kier alpha value is -2.91. The van der Waals surface area contributed by atoms with Gasteiger partial charge in [0.05, 0.1) is 23.6 Å². The number of sulfonamides is 1. The second kappa shape index (κ2) is 8.68. The van der Waals surface area contributed by atoms with E-state index in [4.69, 9.17) is 4.74 Å². The summed E-state index contributed by atoms with van der Waals surface area (Å²) in [4.78, 5) is 26.9. The number of benzene rings is 2. The average Bonchev–Trinajstić information content (AvgIpc) is 3.49. The fourth-order valence-corrected chi connectivity index (χ4v) is 4.88. The van der Waals surface area contributed by atoms with E-state index in [1.807, 2.05) is 12.1 Å². The maximum absolute atomic E-state index is 12.6. The van der Waals surface area contributed by atoms with Crippen molar-refractivity contribution in [3.05, 3.63) is 54.1 Å². The Morgan fingerprint density at radius 2 is 1.84 bits per heavy atom. The predicted molar refractivity (Wildman–Crippen MR) is 115 cm³/mol. The van der Waals surface area contributed by atoms with Crippen molar-refractivity contribution in [2.45, 2.75) is 36.7 Å². The summed E-state index contributed by atoms with van der Waals surface area (Å²) in [7, 11) is -1.95. The minimum Gasteiger partial charge on any atom is -0.495 e. The Morgan fingerprint density at radius 3 is 2.52 bits per heavy atom. The summed E-state index contributed by atoms with van der Waals surface area (Å²) in [6, 6.07) is 13.7. The van der Waals surface area contributed by atoms with Crippen molar-refractivity contribution in [3.8, 4) is 5.75 Å². The lowest BCUT2D eigenvalue weighted by molar-refractivity contribution is -0.126. The van der Waals surface area contributed by atoms with Gasteiger partial charge in [0.15, 0.2) is 0 Å². The molecule has 2 aromatic carbocycles. The van der Waals surface area contributed by atoms with Gasteiger partial charge >= 0.3 is 0 Å². The lowest BCUT2D eigenvalue weighted by atomic mass is 10.1. The number of hydrogen-bond acceptors (Lipinski definition) is 5. The average molecular weight is 444 g/mol. The second-order valence-electron chi connectivity index (χ2n) is 7.83. The van der Waals surface area contributed by atoms with Crippen molar-refractivity contribution in [1.29, 1.82) is 0 Å². The van der Waals surface area contributed by atoms with Gasteiger partial charge in [0.1, 0.15) is 5.75 Å². The molecule has 2 fully saturated rings. The van der Waals surface area contributed by atoms with Crippen LogP contribution in [0, 0.1) is 5.92 Å². The van der Waals surface area contributed by atoms with E-state index in [9.17, 15) is 18.0 Å². The molecule has 2 aromatic rings. The van der Waals surface area contributed by atoms with Gasteiger partial charge in [-0.05, 0) is 42.7 Å². The minimum absolute atomic E-state index is 0.0495. The molecule has 8 nitrogen and oxygen atoms in total. The molecule has 0 spiro atoms. The summed E-state index contributed by atoms with van der Waals surface area (Å²) in [5.74, 6) is -0.205. The van der Waals surface area contributed by atoms with Crippen LogP contribution >= 0.6 is 0 Å². The molecule has 2 amide bonds. The molecule has 4 rings (SSSR count). The zero-order valence-electron chi connectivity index (χ0n) is 17.2. The number of nitrogens with one attached hydrogen (secondary N) is 2. The van der Waals surface area contributed by atoms with Gasteiger partial charge in [0.25, 0.3) is 0 Å². The topological polar surface area (TPSA) is 105 Å².